The van der Waals surface area contributed by atoms with Crippen LogP contribution in [-0.4, -0.2) is 39.9 Å². The summed E-state index contributed by atoms with van der Waals surface area (Å²) in [6.07, 6.45) is -0.735. The van der Waals surface area contributed by atoms with Gasteiger partial charge in [-0.05, 0) is 5.56 Å². The molecular formula is C8H12MgO2. The molecule has 0 saturated carbocycles. The minimum absolute atomic E-state index is 0. The Bertz CT molecular complexity index is 197. The molecule has 0 bridgehead atoms. The molecule has 0 aliphatic heterocycles. The van der Waals surface area contributed by atoms with E-state index in [2.05, 4.69) is 0 Å². The summed E-state index contributed by atoms with van der Waals surface area (Å²) < 4.78 is 0. The molecule has 0 aliphatic rings. The van der Waals surface area contributed by atoms with Crippen molar-refractivity contribution in [3.8, 4) is 0 Å². The predicted octanol–water partition coefficient (Wildman–Crippen LogP) is 0.556. The summed E-state index contributed by atoms with van der Waals surface area (Å²) in [6.45, 7) is -0.218. The largest absolute Gasteiger partial charge is 2.00 e. The Morgan fingerprint density at radius 3 is 2.27 bits per heavy atom. The Hall–Kier alpha value is -0.0938. The van der Waals surface area contributed by atoms with Crippen LogP contribution in [0.15, 0.2) is 30.3 Å². The number of aliphatic hydroxyl groups excluding tert-OH is 2. The summed E-state index contributed by atoms with van der Waals surface area (Å²) in [5.41, 5.74) is 0.755. The minimum Gasteiger partial charge on any atom is -1.00 e. The van der Waals surface area contributed by atoms with Crippen molar-refractivity contribution in [2.24, 2.45) is 0 Å². The fourth-order valence-corrected chi connectivity index (χ4v) is 0.781. The fourth-order valence-electron chi connectivity index (χ4n) is 0.781. The number of rotatable bonds is 2. The van der Waals surface area contributed by atoms with Gasteiger partial charge in [0.1, 0.15) is 6.10 Å². The maximum absolute atomic E-state index is 9.08. The molecule has 58 valence electrons. The van der Waals surface area contributed by atoms with Crippen molar-refractivity contribution in [1.29, 1.82) is 0 Å². The summed E-state index contributed by atoms with van der Waals surface area (Å²) in [5.74, 6) is 0. The zero-order valence-corrected chi connectivity index (χ0v) is 7.69. The van der Waals surface area contributed by atoms with Crippen LogP contribution in [0.3, 0.4) is 0 Å². The van der Waals surface area contributed by atoms with Gasteiger partial charge in [-0.15, -0.1) is 0 Å². The molecule has 2 N–H and O–H groups in total. The van der Waals surface area contributed by atoms with Gasteiger partial charge < -0.3 is 13.1 Å². The second kappa shape index (κ2) is 5.54. The van der Waals surface area contributed by atoms with Gasteiger partial charge >= 0.3 is 23.1 Å². The smallest absolute Gasteiger partial charge is 1.00 e. The van der Waals surface area contributed by atoms with Gasteiger partial charge in [0.2, 0.25) is 0 Å². The topological polar surface area (TPSA) is 40.5 Å². The first kappa shape index (κ1) is 10.9. The van der Waals surface area contributed by atoms with E-state index in [4.69, 9.17) is 10.2 Å². The van der Waals surface area contributed by atoms with Crippen molar-refractivity contribution >= 4 is 23.1 Å². The van der Waals surface area contributed by atoms with Gasteiger partial charge in [0.05, 0.1) is 6.61 Å². The summed E-state index contributed by atoms with van der Waals surface area (Å²) >= 11 is 0. The van der Waals surface area contributed by atoms with Crippen LogP contribution in [0.2, 0.25) is 0 Å². The predicted molar refractivity (Wildman–Crippen MR) is 46.5 cm³/mol. The normalized spacial score (nSPS) is 11.8. The molecule has 0 spiro atoms. The first-order chi connectivity index (χ1) is 4.84. The molecule has 2 nitrogen and oxygen atoms in total. The van der Waals surface area contributed by atoms with Gasteiger partial charge in [-0.1, -0.05) is 30.3 Å². The fraction of sp³-hybridized carbons (Fsp3) is 0.250. The summed E-state index contributed by atoms with van der Waals surface area (Å²) in [6, 6.07) is 9.08. The Morgan fingerprint density at radius 1 is 1.27 bits per heavy atom. The Labute approximate surface area is 85.0 Å². The van der Waals surface area contributed by atoms with Crippen LogP contribution in [0.4, 0.5) is 0 Å². The zero-order chi connectivity index (χ0) is 7.40. The standard InChI is InChI=1S/C8H10O2.Mg.2H/c9-6-8(10)7-4-2-1-3-5-7;;;/h1-5,8-10H,6H2;;;/q;+2;2*-1. The maximum atomic E-state index is 9.08. The Kier molecular flexibility index (Phi) is 5.50. The zero-order valence-electron chi connectivity index (χ0n) is 8.27. The molecule has 1 aromatic carbocycles. The van der Waals surface area contributed by atoms with Crippen molar-refractivity contribution in [2.75, 3.05) is 6.61 Å². The maximum Gasteiger partial charge on any atom is 2.00 e. The van der Waals surface area contributed by atoms with E-state index in [0.29, 0.717) is 0 Å². The second-order valence-corrected chi connectivity index (χ2v) is 2.11. The third-order valence-corrected chi connectivity index (χ3v) is 1.36. The first-order valence-corrected chi connectivity index (χ1v) is 3.18. The minimum atomic E-state index is -0.735. The Balaban J connectivity index is -0.000000333. The van der Waals surface area contributed by atoms with Crippen molar-refractivity contribution in [2.45, 2.75) is 6.10 Å². The third-order valence-electron chi connectivity index (χ3n) is 1.36. The van der Waals surface area contributed by atoms with E-state index in [1.807, 2.05) is 18.2 Å². The molecular weight excluding hydrogens is 152 g/mol. The summed E-state index contributed by atoms with van der Waals surface area (Å²) in [7, 11) is 0. The molecule has 0 saturated heterocycles. The number of benzene rings is 1. The summed E-state index contributed by atoms with van der Waals surface area (Å²) in [5, 5.41) is 17.6. The van der Waals surface area contributed by atoms with E-state index in [1.54, 1.807) is 12.1 Å². The van der Waals surface area contributed by atoms with Gasteiger partial charge in [0.15, 0.2) is 0 Å². The number of aliphatic hydroxyl groups is 2. The average molecular weight is 164 g/mol. The van der Waals surface area contributed by atoms with E-state index >= 15 is 0 Å². The van der Waals surface area contributed by atoms with Crippen molar-refractivity contribution in [3.63, 3.8) is 0 Å². The van der Waals surface area contributed by atoms with Crippen molar-refractivity contribution < 1.29 is 13.1 Å². The first-order valence-electron chi connectivity index (χ1n) is 3.18. The van der Waals surface area contributed by atoms with Crippen molar-refractivity contribution in [3.05, 3.63) is 35.9 Å². The van der Waals surface area contributed by atoms with Crippen LogP contribution in [0.25, 0.3) is 0 Å². The van der Waals surface area contributed by atoms with Crippen molar-refractivity contribution in [1.82, 2.24) is 0 Å². The van der Waals surface area contributed by atoms with E-state index in [0.717, 1.165) is 5.56 Å². The molecule has 1 aromatic rings. The van der Waals surface area contributed by atoms with Gasteiger partial charge in [-0.25, -0.2) is 0 Å². The van der Waals surface area contributed by atoms with Crippen LogP contribution in [0.5, 0.6) is 0 Å². The van der Waals surface area contributed by atoms with E-state index in [1.165, 1.54) is 0 Å². The van der Waals surface area contributed by atoms with Crippen LogP contribution in [0.1, 0.15) is 14.5 Å². The van der Waals surface area contributed by atoms with E-state index < -0.39 is 6.10 Å². The van der Waals surface area contributed by atoms with Gasteiger partial charge in [-0.2, -0.15) is 0 Å². The van der Waals surface area contributed by atoms with Crippen LogP contribution >= 0.6 is 0 Å². The third kappa shape index (κ3) is 3.20. The number of hydrogen-bond donors (Lipinski definition) is 2. The van der Waals surface area contributed by atoms with Crippen LogP contribution < -0.4 is 0 Å². The number of hydrogen-bond acceptors (Lipinski definition) is 2. The monoisotopic (exact) mass is 164 g/mol. The summed E-state index contributed by atoms with van der Waals surface area (Å²) in [4.78, 5) is 0. The van der Waals surface area contributed by atoms with Crippen LogP contribution in [-0.2, 0) is 0 Å². The SMILES string of the molecule is OCC(O)c1ccccc1.[H-].[H-].[Mg+2]. The molecule has 1 unspecified atom stereocenters. The van der Waals surface area contributed by atoms with E-state index in [-0.39, 0.29) is 32.5 Å². The van der Waals surface area contributed by atoms with Gasteiger partial charge in [-0.3, -0.25) is 0 Å². The molecule has 0 amide bonds. The molecule has 3 heteroatoms. The molecule has 0 heterocycles. The quantitative estimate of drug-likeness (QED) is 0.627. The Morgan fingerprint density at radius 2 is 1.82 bits per heavy atom. The molecule has 11 heavy (non-hydrogen) atoms. The van der Waals surface area contributed by atoms with Gasteiger partial charge in [0, 0.05) is 0 Å². The van der Waals surface area contributed by atoms with E-state index in [9.17, 15) is 0 Å². The molecule has 1 rings (SSSR count). The van der Waals surface area contributed by atoms with Crippen LogP contribution in [0, 0.1) is 0 Å². The van der Waals surface area contributed by atoms with Gasteiger partial charge in [0.25, 0.3) is 0 Å². The molecule has 0 radical (unpaired) electrons. The average Bonchev–Trinajstić information content (AvgIpc) is 2.05. The molecule has 1 atom stereocenters. The second-order valence-electron chi connectivity index (χ2n) is 2.11. The molecule has 0 aliphatic carbocycles. The molecule has 0 fully saturated rings. The molecule has 0 aromatic heterocycles.